The Balaban J connectivity index is 1.69. The number of rotatable bonds is 7. The van der Waals surface area contributed by atoms with Crippen LogP contribution in [0.3, 0.4) is 0 Å². The fourth-order valence-corrected chi connectivity index (χ4v) is 3.24. The van der Waals surface area contributed by atoms with Crippen LogP contribution in [0.25, 0.3) is 10.6 Å². The van der Waals surface area contributed by atoms with Crippen LogP contribution in [0, 0.1) is 0 Å². The zero-order chi connectivity index (χ0) is 19.2. The number of aromatic nitrogens is 2. The van der Waals surface area contributed by atoms with E-state index in [0.29, 0.717) is 33.1 Å². The van der Waals surface area contributed by atoms with Crippen LogP contribution in [0.5, 0.6) is 11.5 Å². The molecular formula is C19H18ClN3O3S. The Hall–Kier alpha value is -2.64. The lowest BCUT2D eigenvalue weighted by molar-refractivity contribution is -0.122. The van der Waals surface area contributed by atoms with Gasteiger partial charge in [-0.2, -0.15) is 0 Å². The number of benzene rings is 2. The second kappa shape index (κ2) is 8.83. The minimum absolute atomic E-state index is 0.290. The van der Waals surface area contributed by atoms with Crippen molar-refractivity contribution in [2.24, 2.45) is 0 Å². The van der Waals surface area contributed by atoms with Crippen LogP contribution >= 0.6 is 22.9 Å². The summed E-state index contributed by atoms with van der Waals surface area (Å²) in [6.45, 7) is 1.87. The van der Waals surface area contributed by atoms with E-state index in [1.165, 1.54) is 11.3 Å². The minimum atomic E-state index is -0.677. The number of methoxy groups -OCH3 is 1. The summed E-state index contributed by atoms with van der Waals surface area (Å²) in [5.74, 6) is 0.799. The molecule has 1 heterocycles. The lowest BCUT2D eigenvalue weighted by Gasteiger charge is -2.18. The van der Waals surface area contributed by atoms with Crippen molar-refractivity contribution >= 4 is 34.0 Å². The van der Waals surface area contributed by atoms with E-state index in [9.17, 15) is 4.79 Å². The first-order valence-electron chi connectivity index (χ1n) is 8.30. The van der Waals surface area contributed by atoms with Crippen LogP contribution < -0.4 is 14.8 Å². The van der Waals surface area contributed by atoms with E-state index in [-0.39, 0.29) is 5.91 Å². The normalized spacial score (nSPS) is 11.7. The molecule has 27 heavy (non-hydrogen) atoms. The Bertz CT molecular complexity index is 915. The predicted molar refractivity (Wildman–Crippen MR) is 107 cm³/mol. The van der Waals surface area contributed by atoms with E-state index in [1.807, 2.05) is 31.2 Å². The molecule has 140 valence electrons. The number of hydrogen-bond acceptors (Lipinski definition) is 6. The summed E-state index contributed by atoms with van der Waals surface area (Å²) in [4.78, 5) is 12.6. The molecule has 0 aliphatic carbocycles. The van der Waals surface area contributed by atoms with E-state index in [4.69, 9.17) is 21.1 Å². The summed E-state index contributed by atoms with van der Waals surface area (Å²) in [5.41, 5.74) is 0.884. The molecule has 1 aromatic heterocycles. The Labute approximate surface area is 166 Å². The van der Waals surface area contributed by atoms with Gasteiger partial charge in [0.2, 0.25) is 5.13 Å². The van der Waals surface area contributed by atoms with Gasteiger partial charge in [0.25, 0.3) is 5.91 Å². The van der Waals surface area contributed by atoms with Gasteiger partial charge in [-0.1, -0.05) is 54.1 Å². The van der Waals surface area contributed by atoms with Crippen LogP contribution in [0.4, 0.5) is 5.13 Å². The second-order valence-corrected chi connectivity index (χ2v) is 6.99. The van der Waals surface area contributed by atoms with Gasteiger partial charge in [0.1, 0.15) is 5.01 Å². The SMILES string of the molecule is CC[C@H](Oc1ccccc1OC)C(=O)Nc1nnc(-c2ccc(Cl)cc2)s1. The largest absolute Gasteiger partial charge is 0.493 e. The highest BCUT2D eigenvalue weighted by atomic mass is 35.5. The molecular weight excluding hydrogens is 386 g/mol. The highest BCUT2D eigenvalue weighted by Crippen LogP contribution is 2.29. The zero-order valence-corrected chi connectivity index (χ0v) is 16.4. The summed E-state index contributed by atoms with van der Waals surface area (Å²) < 4.78 is 11.1. The van der Waals surface area contributed by atoms with Crippen molar-refractivity contribution in [3.63, 3.8) is 0 Å². The first-order valence-corrected chi connectivity index (χ1v) is 9.50. The van der Waals surface area contributed by atoms with Crippen molar-refractivity contribution in [3.05, 3.63) is 53.6 Å². The number of anilines is 1. The molecule has 0 radical (unpaired) electrons. The summed E-state index contributed by atoms with van der Waals surface area (Å²) in [7, 11) is 1.56. The molecule has 0 saturated heterocycles. The summed E-state index contributed by atoms with van der Waals surface area (Å²) in [6.07, 6.45) is -0.184. The lowest BCUT2D eigenvalue weighted by Crippen LogP contribution is -2.32. The quantitative estimate of drug-likeness (QED) is 0.620. The Morgan fingerprint density at radius 1 is 1.15 bits per heavy atom. The van der Waals surface area contributed by atoms with Crippen LogP contribution in [-0.2, 0) is 4.79 Å². The van der Waals surface area contributed by atoms with Gasteiger partial charge < -0.3 is 9.47 Å². The predicted octanol–water partition coefficient (Wildman–Crippen LogP) is 4.66. The highest BCUT2D eigenvalue weighted by Gasteiger charge is 2.21. The number of halogens is 1. The first kappa shape index (κ1) is 19.1. The van der Waals surface area contributed by atoms with Gasteiger partial charge in [-0.05, 0) is 30.7 Å². The number of amides is 1. The van der Waals surface area contributed by atoms with Crippen LogP contribution in [-0.4, -0.2) is 29.3 Å². The van der Waals surface area contributed by atoms with Gasteiger partial charge in [-0.25, -0.2) is 0 Å². The molecule has 0 unspecified atom stereocenters. The van der Waals surface area contributed by atoms with Crippen LogP contribution in [0.1, 0.15) is 13.3 Å². The van der Waals surface area contributed by atoms with Gasteiger partial charge in [0.05, 0.1) is 7.11 Å². The Morgan fingerprint density at radius 2 is 1.85 bits per heavy atom. The van der Waals surface area contributed by atoms with E-state index < -0.39 is 6.10 Å². The first-order chi connectivity index (χ1) is 13.1. The molecule has 1 N–H and O–H groups in total. The number of para-hydroxylation sites is 2. The van der Waals surface area contributed by atoms with Gasteiger partial charge >= 0.3 is 0 Å². The molecule has 0 spiro atoms. The molecule has 3 rings (SSSR count). The molecule has 3 aromatic rings. The molecule has 6 nitrogen and oxygen atoms in total. The van der Waals surface area contributed by atoms with Gasteiger partial charge in [-0.3, -0.25) is 10.1 Å². The van der Waals surface area contributed by atoms with Gasteiger partial charge in [-0.15, -0.1) is 10.2 Å². The van der Waals surface area contributed by atoms with E-state index in [0.717, 1.165) is 5.56 Å². The number of carbonyl (C=O) groups excluding carboxylic acids is 1. The lowest BCUT2D eigenvalue weighted by atomic mass is 10.2. The summed E-state index contributed by atoms with van der Waals surface area (Å²) >= 11 is 7.18. The maximum Gasteiger partial charge on any atom is 0.267 e. The fourth-order valence-electron chi connectivity index (χ4n) is 2.36. The smallest absolute Gasteiger partial charge is 0.267 e. The van der Waals surface area contributed by atoms with E-state index in [1.54, 1.807) is 31.4 Å². The maximum absolute atomic E-state index is 12.6. The molecule has 8 heteroatoms. The molecule has 1 atom stereocenters. The number of carbonyl (C=O) groups is 1. The fraction of sp³-hybridized carbons (Fsp3) is 0.211. The standard InChI is InChI=1S/C19H18ClN3O3S/c1-3-14(26-16-7-5-4-6-15(16)25-2)17(24)21-19-23-22-18(27-19)12-8-10-13(20)11-9-12/h4-11,14H,3H2,1-2H3,(H,21,23,24)/t14-/m0/s1. The van der Waals surface area contributed by atoms with Gasteiger partial charge in [0.15, 0.2) is 17.6 Å². The third kappa shape index (κ3) is 4.75. The van der Waals surface area contributed by atoms with Crippen molar-refractivity contribution in [2.75, 3.05) is 12.4 Å². The molecule has 0 fully saturated rings. The van der Waals surface area contributed by atoms with E-state index in [2.05, 4.69) is 15.5 Å². The number of nitrogens with one attached hydrogen (secondary N) is 1. The third-order valence-corrected chi connectivity index (χ3v) is 4.89. The topological polar surface area (TPSA) is 73.3 Å². The molecule has 0 saturated carbocycles. The van der Waals surface area contributed by atoms with Crippen LogP contribution in [0.2, 0.25) is 5.02 Å². The number of ether oxygens (including phenoxy) is 2. The monoisotopic (exact) mass is 403 g/mol. The zero-order valence-electron chi connectivity index (χ0n) is 14.8. The maximum atomic E-state index is 12.6. The summed E-state index contributed by atoms with van der Waals surface area (Å²) in [6, 6.07) is 14.5. The minimum Gasteiger partial charge on any atom is -0.493 e. The molecule has 0 bridgehead atoms. The average Bonchev–Trinajstić information content (AvgIpc) is 3.15. The number of nitrogens with zero attached hydrogens (tertiary/aromatic N) is 2. The third-order valence-electron chi connectivity index (χ3n) is 3.75. The average molecular weight is 404 g/mol. The van der Waals surface area contributed by atoms with Crippen LogP contribution in [0.15, 0.2) is 48.5 Å². The highest BCUT2D eigenvalue weighted by molar-refractivity contribution is 7.18. The summed E-state index contributed by atoms with van der Waals surface area (Å²) in [5, 5.41) is 12.7. The van der Waals surface area contributed by atoms with Crippen molar-refractivity contribution in [2.45, 2.75) is 19.4 Å². The van der Waals surface area contributed by atoms with Crippen molar-refractivity contribution < 1.29 is 14.3 Å². The Kier molecular flexibility index (Phi) is 6.26. The molecule has 0 aliphatic rings. The molecule has 1 amide bonds. The van der Waals surface area contributed by atoms with Crippen molar-refractivity contribution in [1.82, 2.24) is 10.2 Å². The van der Waals surface area contributed by atoms with E-state index >= 15 is 0 Å². The Morgan fingerprint density at radius 3 is 2.52 bits per heavy atom. The molecule has 0 aliphatic heterocycles. The van der Waals surface area contributed by atoms with Crippen molar-refractivity contribution in [3.8, 4) is 22.1 Å². The number of hydrogen-bond donors (Lipinski definition) is 1. The second-order valence-electron chi connectivity index (χ2n) is 5.57. The molecule has 2 aromatic carbocycles. The van der Waals surface area contributed by atoms with Gasteiger partial charge in [0, 0.05) is 10.6 Å². The van der Waals surface area contributed by atoms with Crippen molar-refractivity contribution in [1.29, 1.82) is 0 Å².